The summed E-state index contributed by atoms with van der Waals surface area (Å²) in [7, 11) is 3.19. The zero-order chi connectivity index (χ0) is 20.5. The summed E-state index contributed by atoms with van der Waals surface area (Å²) in [6.45, 7) is 1.23. The zero-order valence-electron chi connectivity index (χ0n) is 17.2. The molecule has 0 unspecified atom stereocenters. The largest absolute Gasteiger partial charge is 0.493 e. The van der Waals surface area contributed by atoms with Crippen molar-refractivity contribution in [3.8, 4) is 11.5 Å². The van der Waals surface area contributed by atoms with Crippen LogP contribution in [0.2, 0.25) is 0 Å². The number of allylic oxidation sites excluding steroid dienone is 1. The van der Waals surface area contributed by atoms with Gasteiger partial charge < -0.3 is 20.1 Å². The maximum Gasteiger partial charge on any atom is 0.251 e. The molecular formula is C23H29N3O3. The van der Waals surface area contributed by atoms with Gasteiger partial charge in [-0.2, -0.15) is 0 Å². The number of aromatic nitrogens is 1. The van der Waals surface area contributed by atoms with E-state index in [1.165, 1.54) is 31.3 Å². The van der Waals surface area contributed by atoms with Crippen LogP contribution in [0.1, 0.15) is 48.0 Å². The molecule has 1 amide bonds. The number of ether oxygens (including phenoxy) is 2. The van der Waals surface area contributed by atoms with Gasteiger partial charge in [-0.1, -0.05) is 17.7 Å². The van der Waals surface area contributed by atoms with Crippen LogP contribution in [0, 0.1) is 0 Å². The first-order chi connectivity index (χ1) is 14.2. The van der Waals surface area contributed by atoms with Crippen molar-refractivity contribution in [2.75, 3.05) is 26.1 Å². The first-order valence-corrected chi connectivity index (χ1v) is 10.1. The van der Waals surface area contributed by atoms with Gasteiger partial charge in [-0.25, -0.2) is 4.98 Å². The molecule has 0 saturated carbocycles. The van der Waals surface area contributed by atoms with Crippen molar-refractivity contribution in [3.63, 3.8) is 0 Å². The molecule has 154 valence electrons. The van der Waals surface area contributed by atoms with Gasteiger partial charge in [0.05, 0.1) is 14.2 Å². The van der Waals surface area contributed by atoms with E-state index in [4.69, 9.17) is 9.47 Å². The Bertz CT molecular complexity index is 864. The first kappa shape index (κ1) is 20.7. The van der Waals surface area contributed by atoms with Gasteiger partial charge in [0.15, 0.2) is 11.5 Å². The van der Waals surface area contributed by atoms with E-state index in [-0.39, 0.29) is 5.91 Å². The molecule has 0 bridgehead atoms. The van der Waals surface area contributed by atoms with E-state index in [0.29, 0.717) is 23.6 Å². The van der Waals surface area contributed by atoms with Crippen LogP contribution in [-0.4, -0.2) is 31.7 Å². The summed E-state index contributed by atoms with van der Waals surface area (Å²) in [5, 5.41) is 6.27. The number of benzene rings is 1. The summed E-state index contributed by atoms with van der Waals surface area (Å²) in [5.41, 5.74) is 3.04. The highest BCUT2D eigenvalue weighted by Crippen LogP contribution is 2.27. The fourth-order valence-electron chi connectivity index (χ4n) is 3.43. The average Bonchev–Trinajstić information content (AvgIpc) is 2.78. The quantitative estimate of drug-likeness (QED) is 0.618. The molecule has 2 N–H and O–H groups in total. The molecule has 6 nitrogen and oxygen atoms in total. The molecule has 0 aliphatic heterocycles. The number of hydrogen-bond acceptors (Lipinski definition) is 5. The third-order valence-corrected chi connectivity index (χ3v) is 5.06. The van der Waals surface area contributed by atoms with Crippen molar-refractivity contribution in [2.45, 2.75) is 38.6 Å². The lowest BCUT2D eigenvalue weighted by atomic mass is 9.97. The molecule has 29 heavy (non-hydrogen) atoms. The topological polar surface area (TPSA) is 72.5 Å². The Labute approximate surface area is 172 Å². The number of nitrogens with one attached hydrogen (secondary N) is 2. The minimum atomic E-state index is -0.139. The van der Waals surface area contributed by atoms with Crippen LogP contribution < -0.4 is 20.1 Å². The Morgan fingerprint density at radius 3 is 2.72 bits per heavy atom. The van der Waals surface area contributed by atoms with Crippen LogP contribution >= 0.6 is 0 Å². The lowest BCUT2D eigenvalue weighted by Gasteiger charge is -2.13. The molecule has 1 aliphatic carbocycles. The number of carbonyl (C=O) groups excluding carboxylic acids is 1. The van der Waals surface area contributed by atoms with Gasteiger partial charge in [-0.15, -0.1) is 0 Å². The van der Waals surface area contributed by atoms with E-state index in [2.05, 4.69) is 21.7 Å². The second kappa shape index (κ2) is 10.5. The van der Waals surface area contributed by atoms with Crippen molar-refractivity contribution in [1.29, 1.82) is 0 Å². The molecule has 0 spiro atoms. The Kier molecular flexibility index (Phi) is 7.50. The van der Waals surface area contributed by atoms with E-state index in [1.54, 1.807) is 32.5 Å². The van der Waals surface area contributed by atoms with Crippen molar-refractivity contribution < 1.29 is 14.3 Å². The molecule has 3 rings (SSSR count). The minimum absolute atomic E-state index is 0.139. The standard InChI is InChI=1S/C23H29N3O3/c1-28-20-9-8-18(14-21(20)29-2)16-26-23(27)19-11-13-25-22(15-19)24-12-10-17-6-4-3-5-7-17/h6,8-9,11,13-15H,3-5,7,10,12,16H2,1-2H3,(H,24,25)(H,26,27). The van der Waals surface area contributed by atoms with Crippen molar-refractivity contribution in [2.24, 2.45) is 0 Å². The van der Waals surface area contributed by atoms with Gasteiger partial charge in [0.1, 0.15) is 5.82 Å². The van der Waals surface area contributed by atoms with Gasteiger partial charge >= 0.3 is 0 Å². The van der Waals surface area contributed by atoms with Gasteiger partial charge in [-0.3, -0.25) is 4.79 Å². The highest BCUT2D eigenvalue weighted by atomic mass is 16.5. The number of pyridine rings is 1. The summed E-state index contributed by atoms with van der Waals surface area (Å²) in [4.78, 5) is 16.9. The maximum absolute atomic E-state index is 12.5. The number of anilines is 1. The normalized spacial score (nSPS) is 13.4. The van der Waals surface area contributed by atoms with Crippen molar-refractivity contribution in [3.05, 3.63) is 59.3 Å². The van der Waals surface area contributed by atoms with Crippen LogP contribution in [0.3, 0.4) is 0 Å². The van der Waals surface area contributed by atoms with Crippen molar-refractivity contribution >= 4 is 11.7 Å². The van der Waals surface area contributed by atoms with E-state index in [1.807, 2.05) is 18.2 Å². The SMILES string of the molecule is COc1ccc(CNC(=O)c2ccnc(NCCC3=CCCCC3)c2)cc1OC. The number of amides is 1. The van der Waals surface area contributed by atoms with E-state index >= 15 is 0 Å². The van der Waals surface area contributed by atoms with Gasteiger partial charge in [0.2, 0.25) is 0 Å². The van der Waals surface area contributed by atoms with Crippen LogP contribution in [-0.2, 0) is 6.54 Å². The predicted octanol–water partition coefficient (Wildman–Crippen LogP) is 4.33. The Hall–Kier alpha value is -3.02. The number of carbonyl (C=O) groups is 1. The average molecular weight is 396 g/mol. The number of methoxy groups -OCH3 is 2. The summed E-state index contributed by atoms with van der Waals surface area (Å²) in [6, 6.07) is 9.11. The Balaban J connectivity index is 1.53. The molecule has 1 aromatic heterocycles. The fraction of sp³-hybridized carbons (Fsp3) is 0.391. The summed E-state index contributed by atoms with van der Waals surface area (Å²) in [5.74, 6) is 1.89. The predicted molar refractivity (Wildman–Crippen MR) is 115 cm³/mol. The molecular weight excluding hydrogens is 366 g/mol. The van der Waals surface area contributed by atoms with E-state index in [9.17, 15) is 4.79 Å². The molecule has 6 heteroatoms. The number of hydrogen-bond donors (Lipinski definition) is 2. The van der Waals surface area contributed by atoms with Crippen LogP contribution in [0.25, 0.3) is 0 Å². The molecule has 1 heterocycles. The molecule has 0 atom stereocenters. The second-order valence-corrected chi connectivity index (χ2v) is 7.09. The molecule has 2 aromatic rings. The highest BCUT2D eigenvalue weighted by molar-refractivity contribution is 5.94. The smallest absolute Gasteiger partial charge is 0.251 e. The summed E-state index contributed by atoms with van der Waals surface area (Å²) >= 11 is 0. The summed E-state index contributed by atoms with van der Waals surface area (Å²) in [6.07, 6.45) is 10.0. The lowest BCUT2D eigenvalue weighted by Crippen LogP contribution is -2.23. The van der Waals surface area contributed by atoms with Gasteiger partial charge in [-0.05, 0) is 61.9 Å². The fourth-order valence-corrected chi connectivity index (χ4v) is 3.43. The molecule has 0 radical (unpaired) electrons. The summed E-state index contributed by atoms with van der Waals surface area (Å²) < 4.78 is 10.5. The maximum atomic E-state index is 12.5. The Morgan fingerprint density at radius 2 is 1.97 bits per heavy atom. The minimum Gasteiger partial charge on any atom is -0.493 e. The second-order valence-electron chi connectivity index (χ2n) is 7.09. The molecule has 0 saturated heterocycles. The lowest BCUT2D eigenvalue weighted by molar-refractivity contribution is 0.0951. The third-order valence-electron chi connectivity index (χ3n) is 5.06. The highest BCUT2D eigenvalue weighted by Gasteiger charge is 2.09. The molecule has 1 aliphatic rings. The van der Waals surface area contributed by atoms with Crippen molar-refractivity contribution in [1.82, 2.24) is 10.3 Å². The third kappa shape index (κ3) is 5.98. The van der Waals surface area contributed by atoms with Crippen LogP contribution in [0.5, 0.6) is 11.5 Å². The van der Waals surface area contributed by atoms with Gasteiger partial charge in [0, 0.05) is 24.8 Å². The number of nitrogens with zero attached hydrogens (tertiary/aromatic N) is 1. The monoisotopic (exact) mass is 395 g/mol. The van der Waals surface area contributed by atoms with Crippen LogP contribution in [0.15, 0.2) is 48.2 Å². The molecule has 0 fully saturated rings. The number of rotatable bonds is 9. The van der Waals surface area contributed by atoms with E-state index in [0.717, 1.165) is 24.3 Å². The van der Waals surface area contributed by atoms with E-state index < -0.39 is 0 Å². The van der Waals surface area contributed by atoms with Gasteiger partial charge in [0.25, 0.3) is 5.91 Å². The Morgan fingerprint density at radius 1 is 1.10 bits per heavy atom. The first-order valence-electron chi connectivity index (χ1n) is 10.1. The zero-order valence-corrected chi connectivity index (χ0v) is 17.2. The van der Waals surface area contributed by atoms with Crippen LogP contribution in [0.4, 0.5) is 5.82 Å². The molecule has 1 aromatic carbocycles.